The number of nitrogens with one attached hydrogen (secondary N) is 2. The number of carbonyl (C=O) groups excluding carboxylic acids is 2. The maximum absolute atomic E-state index is 12.6. The molecule has 0 atom stereocenters. The Morgan fingerprint density at radius 2 is 1.64 bits per heavy atom. The van der Waals surface area contributed by atoms with Gasteiger partial charge in [0, 0.05) is 48.5 Å². The van der Waals surface area contributed by atoms with Gasteiger partial charge in [0.25, 0.3) is 5.91 Å². The number of hydrogen-bond donors (Lipinski definition) is 2. The van der Waals surface area contributed by atoms with Gasteiger partial charge in [-0.25, -0.2) is 4.98 Å². The van der Waals surface area contributed by atoms with Crippen molar-refractivity contribution in [3.05, 3.63) is 78.0 Å². The number of nitrogens with zero attached hydrogens (tertiary/aromatic N) is 2. The molecule has 142 valence electrons. The number of amides is 1. The Morgan fingerprint density at radius 3 is 2.32 bits per heavy atom. The van der Waals surface area contributed by atoms with E-state index in [4.69, 9.17) is 0 Å². The summed E-state index contributed by atoms with van der Waals surface area (Å²) in [7, 11) is 3.93. The third-order valence-corrected chi connectivity index (χ3v) is 4.21. The van der Waals surface area contributed by atoms with Gasteiger partial charge in [-0.3, -0.25) is 9.59 Å². The van der Waals surface area contributed by atoms with Crippen molar-refractivity contribution in [1.29, 1.82) is 0 Å². The van der Waals surface area contributed by atoms with Gasteiger partial charge in [-0.1, -0.05) is 12.1 Å². The second-order valence-electron chi connectivity index (χ2n) is 6.59. The summed E-state index contributed by atoms with van der Waals surface area (Å²) in [5.41, 5.74) is 3.60. The first-order valence-electron chi connectivity index (χ1n) is 8.85. The van der Waals surface area contributed by atoms with Crippen molar-refractivity contribution in [2.75, 3.05) is 29.6 Å². The molecule has 1 aromatic heterocycles. The fourth-order valence-corrected chi connectivity index (χ4v) is 2.65. The molecule has 3 rings (SSSR count). The summed E-state index contributed by atoms with van der Waals surface area (Å²) in [6.45, 7) is 1.52. The lowest BCUT2D eigenvalue weighted by Gasteiger charge is -2.13. The topological polar surface area (TPSA) is 74.3 Å². The van der Waals surface area contributed by atoms with E-state index in [1.807, 2.05) is 49.3 Å². The molecule has 0 saturated heterocycles. The summed E-state index contributed by atoms with van der Waals surface area (Å²) >= 11 is 0. The number of aromatic nitrogens is 1. The second kappa shape index (κ2) is 8.35. The first kappa shape index (κ1) is 19.1. The molecule has 1 amide bonds. The molecule has 0 aliphatic rings. The molecule has 0 spiro atoms. The van der Waals surface area contributed by atoms with E-state index in [0.29, 0.717) is 16.9 Å². The van der Waals surface area contributed by atoms with E-state index in [1.165, 1.54) is 6.92 Å². The Morgan fingerprint density at radius 1 is 0.893 bits per heavy atom. The first-order valence-corrected chi connectivity index (χ1v) is 8.85. The molecule has 0 unspecified atom stereocenters. The van der Waals surface area contributed by atoms with Crippen LogP contribution in [0.4, 0.5) is 22.9 Å². The Hall–Kier alpha value is -3.67. The predicted octanol–water partition coefficient (Wildman–Crippen LogP) is 4.35. The highest BCUT2D eigenvalue weighted by atomic mass is 16.1. The van der Waals surface area contributed by atoms with E-state index in [2.05, 4.69) is 15.6 Å². The minimum atomic E-state index is -0.222. The van der Waals surface area contributed by atoms with Crippen molar-refractivity contribution in [1.82, 2.24) is 4.98 Å². The summed E-state index contributed by atoms with van der Waals surface area (Å²) in [5.74, 6) is 0.293. The lowest BCUT2D eigenvalue weighted by atomic mass is 10.1. The molecule has 6 nitrogen and oxygen atoms in total. The monoisotopic (exact) mass is 374 g/mol. The number of benzene rings is 2. The minimum absolute atomic E-state index is 0.00924. The fourth-order valence-electron chi connectivity index (χ4n) is 2.65. The van der Waals surface area contributed by atoms with Gasteiger partial charge in [0.2, 0.25) is 0 Å². The Kier molecular flexibility index (Phi) is 5.69. The van der Waals surface area contributed by atoms with Crippen LogP contribution in [-0.4, -0.2) is 30.8 Å². The van der Waals surface area contributed by atoms with Gasteiger partial charge in [0.05, 0.1) is 0 Å². The molecule has 1 heterocycles. The number of carbonyl (C=O) groups is 2. The van der Waals surface area contributed by atoms with Crippen LogP contribution in [0.1, 0.15) is 27.6 Å². The molecule has 0 radical (unpaired) electrons. The number of Topliss-reactive ketones (excluding diaryl/α,β-unsaturated/α-hetero) is 1. The standard InChI is InChI=1S/C22H22N4O2/c1-15(27)16-5-4-6-19(13-16)24-21-14-17(11-12-23-21)22(28)25-18-7-9-20(10-8-18)26(2)3/h4-14H,1-3H3,(H,23,24)(H,25,28). The molecular formula is C22H22N4O2. The predicted molar refractivity (Wildman–Crippen MR) is 113 cm³/mol. The van der Waals surface area contributed by atoms with E-state index in [9.17, 15) is 9.59 Å². The normalized spacial score (nSPS) is 10.2. The number of anilines is 4. The van der Waals surface area contributed by atoms with Gasteiger partial charge in [-0.2, -0.15) is 0 Å². The molecule has 0 bridgehead atoms. The van der Waals surface area contributed by atoms with Gasteiger partial charge < -0.3 is 15.5 Å². The largest absolute Gasteiger partial charge is 0.378 e. The minimum Gasteiger partial charge on any atom is -0.378 e. The van der Waals surface area contributed by atoms with Crippen LogP contribution in [0.15, 0.2) is 66.9 Å². The summed E-state index contributed by atoms with van der Waals surface area (Å²) in [4.78, 5) is 30.3. The van der Waals surface area contributed by atoms with Crippen LogP contribution >= 0.6 is 0 Å². The fraction of sp³-hybridized carbons (Fsp3) is 0.136. The van der Waals surface area contributed by atoms with E-state index >= 15 is 0 Å². The molecule has 2 aromatic carbocycles. The first-order chi connectivity index (χ1) is 13.4. The maximum atomic E-state index is 12.6. The number of ketones is 1. The molecule has 0 saturated carbocycles. The zero-order chi connectivity index (χ0) is 20.1. The highest BCUT2D eigenvalue weighted by Gasteiger charge is 2.09. The Labute approximate surface area is 164 Å². The third kappa shape index (κ3) is 4.73. The van der Waals surface area contributed by atoms with Gasteiger partial charge in [0.1, 0.15) is 5.82 Å². The molecule has 28 heavy (non-hydrogen) atoms. The quantitative estimate of drug-likeness (QED) is 0.628. The van der Waals surface area contributed by atoms with Crippen LogP contribution in [0.2, 0.25) is 0 Å². The summed E-state index contributed by atoms with van der Waals surface area (Å²) in [5, 5.41) is 6.01. The molecule has 0 fully saturated rings. The molecule has 6 heteroatoms. The number of rotatable bonds is 6. The van der Waals surface area contributed by atoms with Crippen molar-refractivity contribution in [3.8, 4) is 0 Å². The number of hydrogen-bond acceptors (Lipinski definition) is 5. The molecular weight excluding hydrogens is 352 g/mol. The van der Waals surface area contributed by atoms with Gasteiger partial charge >= 0.3 is 0 Å². The van der Waals surface area contributed by atoms with Gasteiger partial charge in [-0.05, 0) is 55.5 Å². The SMILES string of the molecule is CC(=O)c1cccc(Nc2cc(C(=O)Nc3ccc(N(C)C)cc3)ccn2)c1. The van der Waals surface area contributed by atoms with Gasteiger partial charge in [-0.15, -0.1) is 0 Å². The van der Waals surface area contributed by atoms with Crippen molar-refractivity contribution in [3.63, 3.8) is 0 Å². The van der Waals surface area contributed by atoms with Crippen LogP contribution < -0.4 is 15.5 Å². The van der Waals surface area contributed by atoms with Crippen LogP contribution in [0.25, 0.3) is 0 Å². The molecule has 0 aliphatic carbocycles. The molecule has 3 aromatic rings. The molecule has 2 N–H and O–H groups in total. The van der Waals surface area contributed by atoms with Crippen LogP contribution in [-0.2, 0) is 0 Å². The van der Waals surface area contributed by atoms with E-state index in [0.717, 1.165) is 17.1 Å². The zero-order valence-electron chi connectivity index (χ0n) is 16.1. The maximum Gasteiger partial charge on any atom is 0.255 e. The van der Waals surface area contributed by atoms with Gasteiger partial charge in [0.15, 0.2) is 5.78 Å². The average molecular weight is 374 g/mol. The lowest BCUT2D eigenvalue weighted by molar-refractivity contribution is 0.101. The average Bonchev–Trinajstić information content (AvgIpc) is 2.69. The lowest BCUT2D eigenvalue weighted by Crippen LogP contribution is -2.13. The summed E-state index contributed by atoms with van der Waals surface area (Å²) in [6.07, 6.45) is 1.57. The summed E-state index contributed by atoms with van der Waals surface area (Å²) in [6, 6.07) is 18.1. The van der Waals surface area contributed by atoms with E-state index in [-0.39, 0.29) is 11.7 Å². The van der Waals surface area contributed by atoms with Crippen molar-refractivity contribution >= 4 is 34.6 Å². The van der Waals surface area contributed by atoms with Crippen LogP contribution in [0.3, 0.4) is 0 Å². The number of pyridine rings is 1. The van der Waals surface area contributed by atoms with E-state index < -0.39 is 0 Å². The van der Waals surface area contributed by atoms with Crippen molar-refractivity contribution in [2.45, 2.75) is 6.92 Å². The second-order valence-corrected chi connectivity index (χ2v) is 6.59. The summed E-state index contributed by atoms with van der Waals surface area (Å²) < 4.78 is 0. The Bertz CT molecular complexity index is 997. The zero-order valence-corrected chi connectivity index (χ0v) is 16.1. The van der Waals surface area contributed by atoms with Crippen molar-refractivity contribution in [2.24, 2.45) is 0 Å². The third-order valence-electron chi connectivity index (χ3n) is 4.21. The highest BCUT2D eigenvalue weighted by molar-refractivity contribution is 6.04. The molecule has 0 aliphatic heterocycles. The highest BCUT2D eigenvalue weighted by Crippen LogP contribution is 2.19. The van der Waals surface area contributed by atoms with Crippen molar-refractivity contribution < 1.29 is 9.59 Å². The van der Waals surface area contributed by atoms with Crippen LogP contribution in [0.5, 0.6) is 0 Å². The Balaban J connectivity index is 1.72. The van der Waals surface area contributed by atoms with E-state index in [1.54, 1.807) is 36.5 Å². The smallest absolute Gasteiger partial charge is 0.255 e. The van der Waals surface area contributed by atoms with Crippen LogP contribution in [0, 0.1) is 0 Å².